The van der Waals surface area contributed by atoms with Crippen molar-refractivity contribution in [1.29, 1.82) is 5.26 Å². The van der Waals surface area contributed by atoms with Gasteiger partial charge in [-0.25, -0.2) is 4.98 Å². The number of pyridine rings is 1. The molecule has 0 spiro atoms. The Bertz CT molecular complexity index is 795. The standard InChI is InChI=1S/C17H17N3S/c18-9-13-16(19)15-14(10-5-2-1-3-6-10)11-7-4-8-12(11)20-17(15)21-13/h1-2,10H,3-8,19H2/t10-/m1/s1. The fourth-order valence-corrected chi connectivity index (χ4v) is 4.70. The molecule has 0 radical (unpaired) electrons. The molecule has 0 saturated heterocycles. The second-order valence-corrected chi connectivity index (χ2v) is 6.92. The van der Waals surface area contributed by atoms with E-state index in [2.05, 4.69) is 18.2 Å². The van der Waals surface area contributed by atoms with Gasteiger partial charge in [-0.2, -0.15) is 5.26 Å². The molecule has 0 aliphatic heterocycles. The Morgan fingerprint density at radius 3 is 3.00 bits per heavy atom. The third-order valence-electron chi connectivity index (χ3n) is 4.73. The molecule has 2 aromatic rings. The number of nitrogens with two attached hydrogens (primary N) is 1. The quantitative estimate of drug-likeness (QED) is 0.807. The Morgan fingerprint density at radius 2 is 2.24 bits per heavy atom. The van der Waals surface area contributed by atoms with Crippen LogP contribution in [0.3, 0.4) is 0 Å². The zero-order valence-electron chi connectivity index (χ0n) is 11.9. The number of nitrogens with zero attached hydrogens (tertiary/aromatic N) is 2. The van der Waals surface area contributed by atoms with Gasteiger partial charge in [0.1, 0.15) is 15.8 Å². The van der Waals surface area contributed by atoms with E-state index in [4.69, 9.17) is 10.7 Å². The predicted octanol–water partition coefficient (Wildman–Crippen LogP) is 4.06. The van der Waals surface area contributed by atoms with Gasteiger partial charge in [-0.05, 0) is 55.6 Å². The highest BCUT2D eigenvalue weighted by atomic mass is 32.1. The number of thiophene rings is 1. The molecule has 0 bridgehead atoms. The second kappa shape index (κ2) is 4.85. The molecular formula is C17H17N3S. The molecule has 2 aliphatic carbocycles. The monoisotopic (exact) mass is 295 g/mol. The molecule has 0 unspecified atom stereocenters. The van der Waals surface area contributed by atoms with Crippen LogP contribution in [0, 0.1) is 11.3 Å². The van der Waals surface area contributed by atoms with Gasteiger partial charge in [0.25, 0.3) is 0 Å². The molecule has 21 heavy (non-hydrogen) atoms. The SMILES string of the molecule is N#Cc1sc2nc3c(c([C@@H]4CC=CCC4)c2c1N)CCC3. The minimum atomic E-state index is 0.538. The van der Waals surface area contributed by atoms with E-state index in [9.17, 15) is 5.26 Å². The molecule has 2 heterocycles. The zero-order valence-corrected chi connectivity index (χ0v) is 12.7. The first-order valence-corrected chi connectivity index (χ1v) is 8.40. The van der Waals surface area contributed by atoms with Crippen molar-refractivity contribution in [2.45, 2.75) is 44.4 Å². The lowest BCUT2D eigenvalue weighted by Crippen LogP contribution is -2.07. The number of anilines is 1. The van der Waals surface area contributed by atoms with Crippen LogP contribution in [0.1, 0.15) is 53.3 Å². The molecular weight excluding hydrogens is 278 g/mol. The van der Waals surface area contributed by atoms with Crippen LogP contribution in [0.5, 0.6) is 0 Å². The number of rotatable bonds is 1. The average Bonchev–Trinajstić information content (AvgIpc) is 3.10. The molecule has 0 aromatic carbocycles. The normalized spacial score (nSPS) is 20.6. The van der Waals surface area contributed by atoms with E-state index in [1.165, 1.54) is 41.0 Å². The summed E-state index contributed by atoms with van der Waals surface area (Å²) in [4.78, 5) is 6.40. The first-order chi connectivity index (χ1) is 10.3. The lowest BCUT2D eigenvalue weighted by molar-refractivity contribution is 0.616. The number of hydrogen-bond donors (Lipinski definition) is 1. The molecule has 3 nitrogen and oxygen atoms in total. The summed E-state index contributed by atoms with van der Waals surface area (Å²) in [5.74, 6) is 0.538. The number of fused-ring (bicyclic) bond motifs is 2. The smallest absolute Gasteiger partial charge is 0.130 e. The fraction of sp³-hybridized carbons (Fsp3) is 0.412. The maximum Gasteiger partial charge on any atom is 0.130 e. The molecule has 2 aliphatic rings. The largest absolute Gasteiger partial charge is 0.396 e. The highest BCUT2D eigenvalue weighted by Gasteiger charge is 2.28. The highest BCUT2D eigenvalue weighted by Crippen LogP contribution is 2.44. The van der Waals surface area contributed by atoms with Crippen molar-refractivity contribution in [3.63, 3.8) is 0 Å². The van der Waals surface area contributed by atoms with Crippen LogP contribution >= 0.6 is 11.3 Å². The lowest BCUT2D eigenvalue weighted by Gasteiger charge is -2.22. The summed E-state index contributed by atoms with van der Waals surface area (Å²) in [7, 11) is 0. The topological polar surface area (TPSA) is 62.7 Å². The Kier molecular flexibility index (Phi) is 2.97. The Morgan fingerprint density at radius 1 is 1.33 bits per heavy atom. The zero-order chi connectivity index (χ0) is 14.4. The number of nitrogen functional groups attached to an aromatic ring is 1. The number of aryl methyl sites for hydroxylation is 1. The van der Waals surface area contributed by atoms with Crippen molar-refractivity contribution in [2.75, 3.05) is 5.73 Å². The number of aromatic nitrogens is 1. The van der Waals surface area contributed by atoms with Crippen LogP contribution in [0.25, 0.3) is 10.2 Å². The molecule has 4 heteroatoms. The fourth-order valence-electron chi connectivity index (χ4n) is 3.77. The Balaban J connectivity index is 2.03. The summed E-state index contributed by atoms with van der Waals surface area (Å²) in [5, 5.41) is 10.4. The van der Waals surface area contributed by atoms with Gasteiger partial charge in [-0.15, -0.1) is 11.3 Å². The van der Waals surface area contributed by atoms with Gasteiger partial charge >= 0.3 is 0 Å². The van der Waals surface area contributed by atoms with E-state index in [1.54, 1.807) is 0 Å². The van der Waals surface area contributed by atoms with Gasteiger partial charge in [-0.1, -0.05) is 12.2 Å². The van der Waals surface area contributed by atoms with Gasteiger partial charge in [0.05, 0.1) is 5.69 Å². The van der Waals surface area contributed by atoms with E-state index >= 15 is 0 Å². The first-order valence-electron chi connectivity index (χ1n) is 7.58. The molecule has 106 valence electrons. The van der Waals surface area contributed by atoms with Crippen LogP contribution in [-0.4, -0.2) is 4.98 Å². The number of hydrogen-bond acceptors (Lipinski definition) is 4. The molecule has 0 amide bonds. The van der Waals surface area contributed by atoms with Crippen molar-refractivity contribution in [3.05, 3.63) is 33.9 Å². The van der Waals surface area contributed by atoms with Crippen LogP contribution in [0.4, 0.5) is 5.69 Å². The summed E-state index contributed by atoms with van der Waals surface area (Å²) in [6, 6.07) is 2.23. The molecule has 2 aromatic heterocycles. The van der Waals surface area contributed by atoms with Crippen molar-refractivity contribution in [3.8, 4) is 6.07 Å². The third-order valence-corrected chi connectivity index (χ3v) is 5.73. The van der Waals surface area contributed by atoms with E-state index in [-0.39, 0.29) is 0 Å². The summed E-state index contributed by atoms with van der Waals surface area (Å²) < 4.78 is 0. The molecule has 1 atom stereocenters. The van der Waals surface area contributed by atoms with Gasteiger partial charge in [-0.3, -0.25) is 0 Å². The Labute approximate surface area is 128 Å². The van der Waals surface area contributed by atoms with Crippen molar-refractivity contribution in [2.24, 2.45) is 0 Å². The second-order valence-electron chi connectivity index (χ2n) is 5.92. The molecule has 0 fully saturated rings. The molecule has 4 rings (SSSR count). The number of nitriles is 1. The maximum atomic E-state index is 9.27. The van der Waals surface area contributed by atoms with Crippen LogP contribution in [0.15, 0.2) is 12.2 Å². The minimum absolute atomic E-state index is 0.538. The van der Waals surface area contributed by atoms with Gasteiger partial charge < -0.3 is 5.73 Å². The predicted molar refractivity (Wildman–Crippen MR) is 86.5 cm³/mol. The third kappa shape index (κ3) is 1.88. The van der Waals surface area contributed by atoms with E-state index < -0.39 is 0 Å². The highest BCUT2D eigenvalue weighted by molar-refractivity contribution is 7.19. The Hall–Kier alpha value is -1.86. The molecule has 2 N–H and O–H groups in total. The van der Waals surface area contributed by atoms with E-state index in [0.29, 0.717) is 16.5 Å². The van der Waals surface area contributed by atoms with E-state index in [0.717, 1.165) is 35.9 Å². The van der Waals surface area contributed by atoms with Gasteiger partial charge in [0, 0.05) is 11.1 Å². The van der Waals surface area contributed by atoms with E-state index in [1.807, 2.05) is 0 Å². The van der Waals surface area contributed by atoms with Crippen LogP contribution in [0.2, 0.25) is 0 Å². The average molecular weight is 295 g/mol. The van der Waals surface area contributed by atoms with Crippen molar-refractivity contribution < 1.29 is 0 Å². The van der Waals surface area contributed by atoms with Gasteiger partial charge in [0.15, 0.2) is 0 Å². The summed E-state index contributed by atoms with van der Waals surface area (Å²) in [6.07, 6.45) is 11.3. The van der Waals surface area contributed by atoms with Crippen LogP contribution < -0.4 is 5.73 Å². The molecule has 0 saturated carbocycles. The summed E-state index contributed by atoms with van der Waals surface area (Å²) in [6.45, 7) is 0. The maximum absolute atomic E-state index is 9.27. The number of allylic oxidation sites excluding steroid dienone is 2. The van der Waals surface area contributed by atoms with Crippen molar-refractivity contribution >= 4 is 27.2 Å². The first kappa shape index (κ1) is 12.8. The van der Waals surface area contributed by atoms with Gasteiger partial charge in [0.2, 0.25) is 0 Å². The van der Waals surface area contributed by atoms with Crippen molar-refractivity contribution in [1.82, 2.24) is 4.98 Å². The lowest BCUT2D eigenvalue weighted by atomic mass is 9.83. The van der Waals surface area contributed by atoms with Crippen LogP contribution in [-0.2, 0) is 12.8 Å². The summed E-state index contributed by atoms with van der Waals surface area (Å²) in [5.41, 5.74) is 11.0. The minimum Gasteiger partial charge on any atom is -0.396 e. The summed E-state index contributed by atoms with van der Waals surface area (Å²) >= 11 is 1.45.